The zero-order valence-electron chi connectivity index (χ0n) is 17.7. The monoisotopic (exact) mass is 412 g/mol. The van der Waals surface area contributed by atoms with Gasteiger partial charge in [0.2, 0.25) is 11.8 Å². The number of fused-ring (bicyclic) bond motifs is 1. The van der Waals surface area contributed by atoms with Gasteiger partial charge in [-0.15, -0.1) is 0 Å². The van der Waals surface area contributed by atoms with Crippen molar-refractivity contribution in [3.63, 3.8) is 0 Å². The Hall–Kier alpha value is -2.18. The van der Waals surface area contributed by atoms with Crippen LogP contribution in [-0.4, -0.2) is 44.7 Å². The standard InChI is InChI=1S/C23H32N4O3/c28-20(13-15-5-2-1-3-6-15)26-12-10-18-17(14-26)22(29)25-21(24-18)19-7-4-11-27(19)23(30)16-8-9-16/h15-16,19H,1-14H2,(H,24,25,29)/t19-/m1/s1. The minimum atomic E-state index is -0.143. The van der Waals surface area contributed by atoms with E-state index in [4.69, 9.17) is 4.98 Å². The first-order valence-corrected chi connectivity index (χ1v) is 11.8. The lowest BCUT2D eigenvalue weighted by Gasteiger charge is -2.31. The van der Waals surface area contributed by atoms with Crippen LogP contribution < -0.4 is 5.56 Å². The van der Waals surface area contributed by atoms with E-state index in [9.17, 15) is 14.4 Å². The zero-order chi connectivity index (χ0) is 20.7. The average Bonchev–Trinajstić information content (AvgIpc) is 3.50. The molecule has 3 fully saturated rings. The van der Waals surface area contributed by atoms with Gasteiger partial charge in [0.05, 0.1) is 23.8 Å². The lowest BCUT2D eigenvalue weighted by atomic mass is 9.86. The summed E-state index contributed by atoms with van der Waals surface area (Å²) >= 11 is 0. The van der Waals surface area contributed by atoms with Crippen molar-refractivity contribution in [1.29, 1.82) is 0 Å². The summed E-state index contributed by atoms with van der Waals surface area (Å²) < 4.78 is 0. The van der Waals surface area contributed by atoms with Gasteiger partial charge in [-0.05, 0) is 44.4 Å². The molecule has 0 bridgehead atoms. The average molecular weight is 413 g/mol. The summed E-state index contributed by atoms with van der Waals surface area (Å²) in [6, 6.07) is -0.109. The van der Waals surface area contributed by atoms with Crippen LogP contribution in [0.25, 0.3) is 0 Å². The Balaban J connectivity index is 1.30. The molecule has 30 heavy (non-hydrogen) atoms. The molecule has 5 rings (SSSR count). The summed E-state index contributed by atoms with van der Waals surface area (Å²) in [6.45, 7) is 1.74. The fourth-order valence-corrected chi connectivity index (χ4v) is 5.46. The molecule has 3 heterocycles. The van der Waals surface area contributed by atoms with E-state index < -0.39 is 0 Å². The van der Waals surface area contributed by atoms with E-state index >= 15 is 0 Å². The molecule has 4 aliphatic rings. The van der Waals surface area contributed by atoms with Gasteiger partial charge < -0.3 is 14.8 Å². The maximum absolute atomic E-state index is 12.9. The van der Waals surface area contributed by atoms with E-state index in [0.717, 1.165) is 50.8 Å². The number of carbonyl (C=O) groups excluding carboxylic acids is 2. The lowest BCUT2D eigenvalue weighted by Crippen LogP contribution is -2.41. The summed E-state index contributed by atoms with van der Waals surface area (Å²) in [5.41, 5.74) is 1.29. The number of likely N-dealkylation sites (tertiary alicyclic amines) is 1. The summed E-state index contributed by atoms with van der Waals surface area (Å²) in [5.74, 6) is 1.71. The molecule has 1 aromatic heterocycles. The van der Waals surface area contributed by atoms with Crippen molar-refractivity contribution < 1.29 is 9.59 Å². The minimum absolute atomic E-state index is 0.109. The number of nitrogens with zero attached hydrogens (tertiary/aromatic N) is 3. The van der Waals surface area contributed by atoms with Crippen molar-refractivity contribution in [3.05, 3.63) is 27.4 Å². The molecule has 1 atom stereocenters. The highest BCUT2D eigenvalue weighted by molar-refractivity contribution is 5.81. The fraction of sp³-hybridized carbons (Fsp3) is 0.739. The topological polar surface area (TPSA) is 86.4 Å². The van der Waals surface area contributed by atoms with E-state index in [1.54, 1.807) is 0 Å². The molecular formula is C23H32N4O3. The normalized spacial score (nSPS) is 24.7. The maximum atomic E-state index is 12.9. The maximum Gasteiger partial charge on any atom is 0.256 e. The number of amides is 2. The van der Waals surface area contributed by atoms with Gasteiger partial charge in [0.25, 0.3) is 5.56 Å². The fourth-order valence-electron chi connectivity index (χ4n) is 5.46. The molecular weight excluding hydrogens is 380 g/mol. The molecule has 2 saturated carbocycles. The number of hydrogen-bond acceptors (Lipinski definition) is 4. The summed E-state index contributed by atoms with van der Waals surface area (Å²) in [6.07, 6.45) is 11.1. The molecule has 2 aliphatic heterocycles. The van der Waals surface area contributed by atoms with Gasteiger partial charge in [-0.3, -0.25) is 14.4 Å². The van der Waals surface area contributed by atoms with Gasteiger partial charge in [-0.1, -0.05) is 19.3 Å². The van der Waals surface area contributed by atoms with Crippen LogP contribution in [0.4, 0.5) is 0 Å². The SMILES string of the molecule is O=C(CC1CCCCC1)N1CCc2nc([C@H]3CCCN3C(=O)C3CC3)[nH]c(=O)c2C1. The van der Waals surface area contributed by atoms with E-state index in [1.807, 2.05) is 9.80 Å². The summed E-state index contributed by atoms with van der Waals surface area (Å²) in [7, 11) is 0. The molecule has 7 nitrogen and oxygen atoms in total. The third kappa shape index (κ3) is 3.91. The Labute approximate surface area is 177 Å². The molecule has 0 aromatic carbocycles. The largest absolute Gasteiger partial charge is 0.338 e. The smallest absolute Gasteiger partial charge is 0.256 e. The highest BCUT2D eigenvalue weighted by Crippen LogP contribution is 2.38. The van der Waals surface area contributed by atoms with Crippen molar-refractivity contribution >= 4 is 11.8 Å². The van der Waals surface area contributed by atoms with Gasteiger partial charge in [-0.2, -0.15) is 0 Å². The predicted octanol–water partition coefficient (Wildman–Crippen LogP) is 2.70. The second-order valence-electron chi connectivity index (χ2n) is 9.61. The Kier molecular flexibility index (Phi) is 5.37. The highest BCUT2D eigenvalue weighted by Gasteiger charge is 2.40. The van der Waals surface area contributed by atoms with E-state index in [-0.39, 0.29) is 29.3 Å². The molecule has 1 saturated heterocycles. The van der Waals surface area contributed by atoms with Gasteiger partial charge >= 0.3 is 0 Å². The molecule has 2 aliphatic carbocycles. The number of nitrogens with one attached hydrogen (secondary N) is 1. The first-order chi connectivity index (χ1) is 14.6. The van der Waals surface area contributed by atoms with Crippen molar-refractivity contribution in [2.24, 2.45) is 11.8 Å². The first kappa shape index (κ1) is 19.8. The van der Waals surface area contributed by atoms with Gasteiger partial charge in [0.15, 0.2) is 0 Å². The Morgan fingerprint density at radius 3 is 2.57 bits per heavy atom. The molecule has 1 aromatic rings. The van der Waals surface area contributed by atoms with E-state index in [0.29, 0.717) is 43.2 Å². The number of H-pyrrole nitrogens is 1. The van der Waals surface area contributed by atoms with Crippen molar-refractivity contribution in [2.75, 3.05) is 13.1 Å². The van der Waals surface area contributed by atoms with Crippen LogP contribution in [0.5, 0.6) is 0 Å². The van der Waals surface area contributed by atoms with E-state index in [1.165, 1.54) is 19.3 Å². The molecule has 2 amide bonds. The third-order valence-electron chi connectivity index (χ3n) is 7.41. The highest BCUT2D eigenvalue weighted by atomic mass is 16.2. The molecule has 0 spiro atoms. The first-order valence-electron chi connectivity index (χ1n) is 11.8. The minimum Gasteiger partial charge on any atom is -0.338 e. The van der Waals surface area contributed by atoms with Crippen LogP contribution >= 0.6 is 0 Å². The molecule has 0 radical (unpaired) electrons. The molecule has 1 N–H and O–H groups in total. The summed E-state index contributed by atoms with van der Waals surface area (Å²) in [5, 5.41) is 0. The van der Waals surface area contributed by atoms with Crippen LogP contribution in [0.3, 0.4) is 0 Å². The predicted molar refractivity (Wildman–Crippen MR) is 112 cm³/mol. The van der Waals surface area contributed by atoms with Crippen molar-refractivity contribution in [2.45, 2.75) is 83.2 Å². The Morgan fingerprint density at radius 1 is 1.00 bits per heavy atom. The van der Waals surface area contributed by atoms with Crippen LogP contribution in [0.1, 0.15) is 87.3 Å². The van der Waals surface area contributed by atoms with Gasteiger partial charge in [0.1, 0.15) is 5.82 Å². The van der Waals surface area contributed by atoms with Gasteiger partial charge in [0, 0.05) is 31.8 Å². The van der Waals surface area contributed by atoms with Crippen LogP contribution in [-0.2, 0) is 22.6 Å². The molecule has 162 valence electrons. The van der Waals surface area contributed by atoms with Gasteiger partial charge in [-0.25, -0.2) is 4.98 Å². The Bertz CT molecular complexity index is 885. The number of aromatic nitrogens is 2. The number of rotatable bonds is 4. The van der Waals surface area contributed by atoms with E-state index in [2.05, 4.69) is 4.98 Å². The molecule has 7 heteroatoms. The van der Waals surface area contributed by atoms with Crippen molar-refractivity contribution in [3.8, 4) is 0 Å². The number of carbonyl (C=O) groups is 2. The molecule has 0 unspecified atom stereocenters. The Morgan fingerprint density at radius 2 is 1.80 bits per heavy atom. The second-order valence-corrected chi connectivity index (χ2v) is 9.61. The van der Waals surface area contributed by atoms with Crippen LogP contribution in [0.15, 0.2) is 4.79 Å². The summed E-state index contributed by atoms with van der Waals surface area (Å²) in [4.78, 5) is 49.8. The van der Waals surface area contributed by atoms with Crippen LogP contribution in [0.2, 0.25) is 0 Å². The zero-order valence-corrected chi connectivity index (χ0v) is 17.7. The van der Waals surface area contributed by atoms with Crippen molar-refractivity contribution in [1.82, 2.24) is 19.8 Å². The number of aromatic amines is 1. The number of hydrogen-bond donors (Lipinski definition) is 1. The second kappa shape index (κ2) is 8.16. The quantitative estimate of drug-likeness (QED) is 0.824. The lowest BCUT2D eigenvalue weighted by molar-refractivity contribution is -0.134. The third-order valence-corrected chi connectivity index (χ3v) is 7.41. The van der Waals surface area contributed by atoms with Crippen LogP contribution in [0, 0.1) is 11.8 Å².